The van der Waals surface area contributed by atoms with Crippen LogP contribution in [0.15, 0.2) is 35.1 Å². The third-order valence-electron chi connectivity index (χ3n) is 2.73. The summed E-state index contributed by atoms with van der Waals surface area (Å²) in [4.78, 5) is 15.2. The zero-order valence-corrected chi connectivity index (χ0v) is 10.2. The third kappa shape index (κ3) is 1.69. The van der Waals surface area contributed by atoms with Gasteiger partial charge in [-0.25, -0.2) is 4.98 Å². The SMILES string of the molecule is Cn1cnc2cc(-c3cc(C(=O)Cl)on3)ccc21. The van der Waals surface area contributed by atoms with E-state index in [1.807, 2.05) is 29.8 Å². The van der Waals surface area contributed by atoms with E-state index >= 15 is 0 Å². The monoisotopic (exact) mass is 261 g/mol. The molecule has 6 heteroatoms. The molecule has 0 atom stereocenters. The van der Waals surface area contributed by atoms with Crippen molar-refractivity contribution in [2.45, 2.75) is 0 Å². The van der Waals surface area contributed by atoms with Gasteiger partial charge in [0.05, 0.1) is 17.4 Å². The largest absolute Gasteiger partial charge is 0.351 e. The van der Waals surface area contributed by atoms with Crippen LogP contribution >= 0.6 is 11.6 Å². The fraction of sp³-hybridized carbons (Fsp3) is 0.0833. The lowest BCUT2D eigenvalue weighted by Crippen LogP contribution is -1.84. The van der Waals surface area contributed by atoms with Crippen LogP contribution in [0.5, 0.6) is 0 Å². The molecule has 0 saturated heterocycles. The van der Waals surface area contributed by atoms with Gasteiger partial charge in [-0.3, -0.25) is 4.79 Å². The van der Waals surface area contributed by atoms with Crippen molar-refractivity contribution >= 4 is 27.9 Å². The normalized spacial score (nSPS) is 11.0. The van der Waals surface area contributed by atoms with E-state index in [4.69, 9.17) is 16.1 Å². The molecule has 0 radical (unpaired) electrons. The number of hydrogen-bond acceptors (Lipinski definition) is 4. The minimum absolute atomic E-state index is 0.0350. The van der Waals surface area contributed by atoms with Crippen molar-refractivity contribution in [3.63, 3.8) is 0 Å². The molecule has 5 nitrogen and oxygen atoms in total. The van der Waals surface area contributed by atoms with E-state index < -0.39 is 5.24 Å². The summed E-state index contributed by atoms with van der Waals surface area (Å²) in [5, 5.41) is 3.15. The fourth-order valence-corrected chi connectivity index (χ4v) is 1.89. The van der Waals surface area contributed by atoms with E-state index in [0.717, 1.165) is 16.6 Å². The maximum Gasteiger partial charge on any atom is 0.290 e. The molecule has 0 spiro atoms. The predicted molar refractivity (Wildman–Crippen MR) is 66.4 cm³/mol. The maximum atomic E-state index is 10.9. The van der Waals surface area contributed by atoms with Gasteiger partial charge < -0.3 is 9.09 Å². The molecule has 0 fully saturated rings. The van der Waals surface area contributed by atoms with Gasteiger partial charge in [-0.05, 0) is 23.7 Å². The molecule has 2 aromatic heterocycles. The van der Waals surface area contributed by atoms with Crippen molar-refractivity contribution in [2.75, 3.05) is 0 Å². The number of aryl methyl sites for hydroxylation is 1. The topological polar surface area (TPSA) is 60.9 Å². The summed E-state index contributed by atoms with van der Waals surface area (Å²) in [6.45, 7) is 0. The standard InChI is InChI=1S/C12H8ClN3O2/c1-16-6-14-9-4-7(2-3-10(9)16)8-5-11(12(13)17)18-15-8/h2-6H,1H3. The Bertz CT molecular complexity index is 745. The molecule has 90 valence electrons. The van der Waals surface area contributed by atoms with Gasteiger partial charge in [0.25, 0.3) is 5.24 Å². The number of benzene rings is 1. The van der Waals surface area contributed by atoms with Crippen LogP contribution in [0.3, 0.4) is 0 Å². The summed E-state index contributed by atoms with van der Waals surface area (Å²) < 4.78 is 6.77. The van der Waals surface area contributed by atoms with Crippen molar-refractivity contribution in [3.05, 3.63) is 36.4 Å². The van der Waals surface area contributed by atoms with E-state index in [0.29, 0.717) is 5.69 Å². The Morgan fingerprint density at radius 2 is 2.22 bits per heavy atom. The first-order chi connectivity index (χ1) is 8.65. The highest BCUT2D eigenvalue weighted by Gasteiger charge is 2.12. The lowest BCUT2D eigenvalue weighted by molar-refractivity contribution is 0.104. The van der Waals surface area contributed by atoms with E-state index in [9.17, 15) is 4.79 Å². The van der Waals surface area contributed by atoms with Crippen LogP contribution in [0.25, 0.3) is 22.3 Å². The second kappa shape index (κ2) is 3.96. The number of imidazole rings is 1. The van der Waals surface area contributed by atoms with E-state index in [-0.39, 0.29) is 5.76 Å². The summed E-state index contributed by atoms with van der Waals surface area (Å²) in [6, 6.07) is 7.23. The van der Waals surface area contributed by atoms with Crippen LogP contribution in [0.2, 0.25) is 0 Å². The molecule has 0 aliphatic carbocycles. The van der Waals surface area contributed by atoms with Crippen molar-refractivity contribution in [3.8, 4) is 11.3 Å². The van der Waals surface area contributed by atoms with Crippen molar-refractivity contribution in [1.82, 2.24) is 14.7 Å². The molecule has 0 N–H and O–H groups in total. The van der Waals surface area contributed by atoms with Crippen LogP contribution in [-0.2, 0) is 7.05 Å². The average Bonchev–Trinajstić information content (AvgIpc) is 2.96. The Morgan fingerprint density at radius 3 is 2.94 bits per heavy atom. The maximum absolute atomic E-state index is 10.9. The first kappa shape index (κ1) is 11.0. The predicted octanol–water partition coefficient (Wildman–Crippen LogP) is 2.61. The molecule has 0 bridgehead atoms. The number of fused-ring (bicyclic) bond motifs is 1. The van der Waals surface area contributed by atoms with Crippen LogP contribution in [0.1, 0.15) is 10.6 Å². The number of carbonyl (C=O) groups excluding carboxylic acids is 1. The lowest BCUT2D eigenvalue weighted by Gasteiger charge is -1.97. The molecule has 3 aromatic rings. The zero-order chi connectivity index (χ0) is 12.7. The van der Waals surface area contributed by atoms with Crippen LogP contribution in [0, 0.1) is 0 Å². The fourth-order valence-electron chi connectivity index (χ4n) is 1.80. The highest BCUT2D eigenvalue weighted by atomic mass is 35.5. The molecule has 0 aliphatic rings. The summed E-state index contributed by atoms with van der Waals surface area (Å²) in [5.41, 5.74) is 3.27. The van der Waals surface area contributed by atoms with Crippen LogP contribution in [-0.4, -0.2) is 20.0 Å². The molecule has 2 heterocycles. The molecule has 1 aromatic carbocycles. The van der Waals surface area contributed by atoms with Gasteiger partial charge in [0.1, 0.15) is 5.69 Å². The highest BCUT2D eigenvalue weighted by Crippen LogP contribution is 2.23. The van der Waals surface area contributed by atoms with Crippen molar-refractivity contribution in [2.24, 2.45) is 7.05 Å². The quantitative estimate of drug-likeness (QED) is 0.665. The number of aromatic nitrogens is 3. The minimum atomic E-state index is -0.660. The van der Waals surface area contributed by atoms with Crippen LogP contribution in [0.4, 0.5) is 0 Å². The first-order valence-corrected chi connectivity index (χ1v) is 5.61. The molecule has 0 aliphatic heterocycles. The van der Waals surface area contributed by atoms with Gasteiger partial charge in [0, 0.05) is 18.7 Å². The smallest absolute Gasteiger partial charge is 0.290 e. The Balaban J connectivity index is 2.10. The number of carbonyl (C=O) groups is 1. The van der Waals surface area contributed by atoms with Crippen LogP contribution < -0.4 is 0 Å². The highest BCUT2D eigenvalue weighted by molar-refractivity contribution is 6.67. The van der Waals surface area contributed by atoms with Gasteiger partial charge in [0.15, 0.2) is 0 Å². The second-order valence-corrected chi connectivity index (χ2v) is 4.25. The minimum Gasteiger partial charge on any atom is -0.351 e. The number of rotatable bonds is 2. The summed E-state index contributed by atoms with van der Waals surface area (Å²) in [5.74, 6) is 0.0350. The van der Waals surface area contributed by atoms with E-state index in [2.05, 4.69) is 10.1 Å². The van der Waals surface area contributed by atoms with E-state index in [1.165, 1.54) is 6.07 Å². The van der Waals surface area contributed by atoms with Crippen molar-refractivity contribution < 1.29 is 9.32 Å². The Kier molecular flexibility index (Phi) is 2.41. The number of nitrogens with zero attached hydrogens (tertiary/aromatic N) is 3. The third-order valence-corrected chi connectivity index (χ3v) is 2.91. The Labute approximate surface area is 107 Å². The molecular formula is C12H8ClN3O2. The van der Waals surface area contributed by atoms with E-state index in [1.54, 1.807) is 6.33 Å². The Morgan fingerprint density at radius 1 is 1.39 bits per heavy atom. The summed E-state index contributed by atoms with van der Waals surface area (Å²) in [7, 11) is 1.93. The van der Waals surface area contributed by atoms with Gasteiger partial charge in [-0.1, -0.05) is 11.2 Å². The zero-order valence-electron chi connectivity index (χ0n) is 9.42. The van der Waals surface area contributed by atoms with Gasteiger partial charge in [-0.15, -0.1) is 0 Å². The molecular weight excluding hydrogens is 254 g/mol. The molecule has 3 rings (SSSR count). The molecule has 18 heavy (non-hydrogen) atoms. The molecule has 0 unspecified atom stereocenters. The number of hydrogen-bond donors (Lipinski definition) is 0. The molecule has 0 amide bonds. The summed E-state index contributed by atoms with van der Waals surface area (Å²) >= 11 is 5.31. The second-order valence-electron chi connectivity index (χ2n) is 3.91. The lowest BCUT2D eigenvalue weighted by atomic mass is 10.1. The molecule has 0 saturated carbocycles. The first-order valence-electron chi connectivity index (χ1n) is 5.23. The van der Waals surface area contributed by atoms with Crippen molar-refractivity contribution in [1.29, 1.82) is 0 Å². The average molecular weight is 262 g/mol. The van der Waals surface area contributed by atoms with Gasteiger partial charge in [-0.2, -0.15) is 0 Å². The Hall–Kier alpha value is -2.14. The van der Waals surface area contributed by atoms with Gasteiger partial charge >= 0.3 is 0 Å². The number of halogens is 1. The summed E-state index contributed by atoms with van der Waals surface area (Å²) in [6.07, 6.45) is 1.74. The van der Waals surface area contributed by atoms with Gasteiger partial charge in [0.2, 0.25) is 5.76 Å².